The van der Waals surface area contributed by atoms with Crippen molar-refractivity contribution in [3.8, 4) is 11.1 Å². The van der Waals surface area contributed by atoms with Crippen LogP contribution in [0, 0.1) is 0 Å². The molecule has 0 aliphatic rings. The molecule has 0 aliphatic carbocycles. The molecule has 140 valence electrons. The molecule has 7 heteroatoms. The monoisotopic (exact) mass is 373 g/mol. The molecule has 4 aromatic rings. The van der Waals surface area contributed by atoms with Gasteiger partial charge in [0.05, 0.1) is 5.52 Å². The van der Waals surface area contributed by atoms with Crippen LogP contribution in [0.2, 0.25) is 0 Å². The Labute approximate surface area is 160 Å². The van der Waals surface area contributed by atoms with Gasteiger partial charge in [-0.25, -0.2) is 0 Å². The number of pyridine rings is 1. The third kappa shape index (κ3) is 3.37. The Morgan fingerprint density at radius 3 is 2.64 bits per heavy atom. The summed E-state index contributed by atoms with van der Waals surface area (Å²) in [6, 6.07) is 16.4. The van der Waals surface area contributed by atoms with Crippen molar-refractivity contribution in [2.24, 2.45) is 5.73 Å². The molecule has 0 bridgehead atoms. The second-order valence-corrected chi connectivity index (χ2v) is 6.65. The Kier molecular flexibility index (Phi) is 4.41. The number of fused-ring (bicyclic) bond motifs is 1. The van der Waals surface area contributed by atoms with E-state index >= 15 is 0 Å². The van der Waals surface area contributed by atoms with E-state index < -0.39 is 5.91 Å². The van der Waals surface area contributed by atoms with Gasteiger partial charge >= 0.3 is 0 Å². The van der Waals surface area contributed by atoms with Gasteiger partial charge in [-0.05, 0) is 53.8 Å². The number of nitrogens with zero attached hydrogens (tertiary/aromatic N) is 1. The number of benzene rings is 2. The van der Waals surface area contributed by atoms with Crippen LogP contribution in [0.4, 0.5) is 5.82 Å². The summed E-state index contributed by atoms with van der Waals surface area (Å²) in [7, 11) is 0. The predicted molar refractivity (Wildman–Crippen MR) is 109 cm³/mol. The molecule has 0 unspecified atom stereocenters. The van der Waals surface area contributed by atoms with Gasteiger partial charge in [0.2, 0.25) is 11.5 Å². The largest absolute Gasteiger partial charge is 0.382 e. The van der Waals surface area contributed by atoms with Gasteiger partial charge < -0.3 is 16.5 Å². The third-order valence-electron chi connectivity index (χ3n) is 4.77. The Morgan fingerprint density at radius 1 is 1.00 bits per heavy atom. The highest BCUT2D eigenvalue weighted by molar-refractivity contribution is 5.94. The summed E-state index contributed by atoms with van der Waals surface area (Å²) in [5.74, 6) is -0.00811. The summed E-state index contributed by atoms with van der Waals surface area (Å²) in [4.78, 5) is 26.6. The van der Waals surface area contributed by atoms with Gasteiger partial charge in [-0.2, -0.15) is 5.10 Å². The number of nitrogens with two attached hydrogens (primary N) is 2. The van der Waals surface area contributed by atoms with Crippen LogP contribution in [0.15, 0.2) is 59.4 Å². The SMILES string of the molecule is NC(=O)c1ccccc1CCc1cc(-c2ccc3c(N)n[nH]c3c2)cc(=O)[nH]1. The fourth-order valence-corrected chi connectivity index (χ4v) is 3.37. The lowest BCUT2D eigenvalue weighted by atomic mass is 9.99. The van der Waals surface area contributed by atoms with Crippen molar-refractivity contribution >= 4 is 22.6 Å². The number of primary amides is 1. The van der Waals surface area contributed by atoms with Gasteiger partial charge in [0.1, 0.15) is 0 Å². The minimum atomic E-state index is -0.454. The Balaban J connectivity index is 1.64. The molecule has 0 saturated carbocycles. The molecule has 0 spiro atoms. The zero-order chi connectivity index (χ0) is 19.7. The zero-order valence-electron chi connectivity index (χ0n) is 15.0. The van der Waals surface area contributed by atoms with E-state index in [-0.39, 0.29) is 5.56 Å². The molecule has 0 aliphatic heterocycles. The van der Waals surface area contributed by atoms with Gasteiger partial charge in [-0.1, -0.05) is 24.3 Å². The number of rotatable bonds is 5. The molecule has 4 rings (SSSR count). The number of hydrogen-bond acceptors (Lipinski definition) is 4. The third-order valence-corrected chi connectivity index (χ3v) is 4.77. The number of carbonyl (C=O) groups excluding carboxylic acids is 1. The molecule has 0 saturated heterocycles. The Morgan fingerprint density at radius 2 is 1.82 bits per heavy atom. The van der Waals surface area contributed by atoms with Crippen LogP contribution >= 0.6 is 0 Å². The Hall–Kier alpha value is -3.87. The number of aromatic amines is 2. The van der Waals surface area contributed by atoms with Crippen molar-refractivity contribution in [2.75, 3.05) is 5.73 Å². The minimum absolute atomic E-state index is 0.181. The molecule has 2 aromatic heterocycles. The topological polar surface area (TPSA) is 131 Å². The summed E-state index contributed by atoms with van der Waals surface area (Å²) in [6.45, 7) is 0. The summed E-state index contributed by atoms with van der Waals surface area (Å²) < 4.78 is 0. The molecular formula is C21H19N5O2. The lowest BCUT2D eigenvalue weighted by molar-refractivity contribution is 0.0999. The molecule has 7 nitrogen and oxygen atoms in total. The second-order valence-electron chi connectivity index (χ2n) is 6.65. The highest BCUT2D eigenvalue weighted by Gasteiger charge is 2.09. The lowest BCUT2D eigenvalue weighted by Gasteiger charge is -2.08. The summed E-state index contributed by atoms with van der Waals surface area (Å²) in [5.41, 5.74) is 15.7. The summed E-state index contributed by atoms with van der Waals surface area (Å²) in [5, 5.41) is 7.73. The minimum Gasteiger partial charge on any atom is -0.382 e. The summed E-state index contributed by atoms with van der Waals surface area (Å²) in [6.07, 6.45) is 1.17. The first-order valence-corrected chi connectivity index (χ1v) is 8.86. The van der Waals surface area contributed by atoms with Crippen molar-refractivity contribution < 1.29 is 4.79 Å². The number of H-pyrrole nitrogens is 2. The quantitative estimate of drug-likeness (QED) is 0.428. The standard InChI is InChI=1S/C21H19N5O2/c22-20-17-8-6-13(10-18(17)25-26-20)14-9-15(24-19(27)11-14)7-5-12-3-1-2-4-16(12)21(23)28/h1-4,6,8-11H,5,7H2,(H2,23,28)(H,24,27)(H3,22,25,26). The van der Waals surface area contributed by atoms with Gasteiger partial charge in [0, 0.05) is 22.7 Å². The van der Waals surface area contributed by atoms with Crippen LogP contribution in [-0.4, -0.2) is 21.1 Å². The maximum Gasteiger partial charge on any atom is 0.248 e. The van der Waals surface area contributed by atoms with E-state index in [0.29, 0.717) is 24.2 Å². The van der Waals surface area contributed by atoms with Gasteiger partial charge in [0.15, 0.2) is 5.82 Å². The molecule has 0 radical (unpaired) electrons. The first-order valence-electron chi connectivity index (χ1n) is 8.86. The van der Waals surface area contributed by atoms with Crippen molar-refractivity contribution in [1.82, 2.24) is 15.2 Å². The molecule has 2 aromatic carbocycles. The second kappa shape index (κ2) is 7.03. The fourth-order valence-electron chi connectivity index (χ4n) is 3.37. The van der Waals surface area contributed by atoms with Gasteiger partial charge in [0.25, 0.3) is 0 Å². The van der Waals surface area contributed by atoms with Crippen LogP contribution in [-0.2, 0) is 12.8 Å². The van der Waals surface area contributed by atoms with E-state index in [4.69, 9.17) is 11.5 Å². The van der Waals surface area contributed by atoms with E-state index in [9.17, 15) is 9.59 Å². The number of hydrogen-bond donors (Lipinski definition) is 4. The van der Waals surface area contributed by atoms with Crippen LogP contribution in [0.5, 0.6) is 0 Å². The maximum atomic E-state index is 12.2. The van der Waals surface area contributed by atoms with Crippen molar-refractivity contribution in [3.63, 3.8) is 0 Å². The van der Waals surface area contributed by atoms with E-state index in [2.05, 4.69) is 15.2 Å². The smallest absolute Gasteiger partial charge is 0.248 e. The van der Waals surface area contributed by atoms with E-state index in [1.165, 1.54) is 0 Å². The van der Waals surface area contributed by atoms with Crippen molar-refractivity contribution in [1.29, 1.82) is 0 Å². The normalized spacial score (nSPS) is 11.0. The lowest BCUT2D eigenvalue weighted by Crippen LogP contribution is -2.14. The van der Waals surface area contributed by atoms with E-state index in [0.717, 1.165) is 33.3 Å². The Bertz CT molecular complexity index is 1240. The maximum absolute atomic E-state index is 12.2. The summed E-state index contributed by atoms with van der Waals surface area (Å²) >= 11 is 0. The number of nitrogen functional groups attached to an aromatic ring is 1. The molecule has 2 heterocycles. The number of nitrogens with one attached hydrogen (secondary N) is 2. The molecule has 0 atom stereocenters. The van der Waals surface area contributed by atoms with Gasteiger partial charge in [-0.15, -0.1) is 0 Å². The van der Waals surface area contributed by atoms with E-state index in [1.54, 1.807) is 18.2 Å². The van der Waals surface area contributed by atoms with Crippen molar-refractivity contribution in [2.45, 2.75) is 12.8 Å². The highest BCUT2D eigenvalue weighted by atomic mass is 16.1. The zero-order valence-corrected chi connectivity index (χ0v) is 15.0. The van der Waals surface area contributed by atoms with Crippen LogP contribution in [0.3, 0.4) is 0 Å². The molecule has 1 amide bonds. The van der Waals surface area contributed by atoms with Crippen LogP contribution in [0.1, 0.15) is 21.6 Å². The number of carbonyl (C=O) groups is 1. The molecule has 0 fully saturated rings. The van der Waals surface area contributed by atoms with E-state index in [1.807, 2.05) is 36.4 Å². The average molecular weight is 373 g/mol. The number of aryl methyl sites for hydroxylation is 2. The van der Waals surface area contributed by atoms with Crippen LogP contribution < -0.4 is 17.0 Å². The number of amides is 1. The molecular weight excluding hydrogens is 354 g/mol. The average Bonchev–Trinajstić information content (AvgIpc) is 3.06. The number of anilines is 1. The van der Waals surface area contributed by atoms with Gasteiger partial charge in [-0.3, -0.25) is 14.7 Å². The fraction of sp³-hybridized carbons (Fsp3) is 0.0952. The number of aromatic nitrogens is 3. The highest BCUT2D eigenvalue weighted by Crippen LogP contribution is 2.25. The van der Waals surface area contributed by atoms with Crippen molar-refractivity contribution in [3.05, 3.63) is 81.8 Å². The molecule has 6 N–H and O–H groups in total. The predicted octanol–water partition coefficient (Wildman–Crippen LogP) is 2.38. The van der Waals surface area contributed by atoms with Crippen LogP contribution in [0.25, 0.3) is 22.0 Å². The molecule has 28 heavy (non-hydrogen) atoms. The first-order chi connectivity index (χ1) is 13.5. The first kappa shape index (κ1) is 17.5.